The zero-order valence-electron chi connectivity index (χ0n) is 12.8. The minimum absolute atomic E-state index is 0.00787. The van der Waals surface area contributed by atoms with Gasteiger partial charge in [0.05, 0.1) is 6.42 Å². The molecule has 0 radical (unpaired) electrons. The molecule has 0 aromatic carbocycles. The van der Waals surface area contributed by atoms with Crippen molar-refractivity contribution in [2.75, 3.05) is 19.6 Å². The average Bonchev–Trinajstić information content (AvgIpc) is 2.43. The van der Waals surface area contributed by atoms with Gasteiger partial charge in [-0.25, -0.2) is 0 Å². The molecule has 0 aromatic heterocycles. The fraction of sp³-hybridized carbons (Fsp3) is 0.800. The molecule has 1 fully saturated rings. The molecule has 2 N–H and O–H groups in total. The summed E-state index contributed by atoms with van der Waals surface area (Å²) in [5, 5.41) is 11.4. The maximum Gasteiger partial charge on any atom is 0.305 e. The third-order valence-corrected chi connectivity index (χ3v) is 3.89. The molecule has 0 aliphatic heterocycles. The van der Waals surface area contributed by atoms with Gasteiger partial charge in [-0.1, -0.05) is 19.3 Å². The van der Waals surface area contributed by atoms with Crippen molar-refractivity contribution in [2.24, 2.45) is 5.92 Å². The molecule has 1 aliphatic carbocycles. The Bertz CT molecular complexity index is 365. The number of carbonyl (C=O) groups excluding carboxylic acids is 2. The van der Waals surface area contributed by atoms with E-state index < -0.39 is 5.97 Å². The minimum Gasteiger partial charge on any atom is -0.481 e. The van der Waals surface area contributed by atoms with Gasteiger partial charge in [0, 0.05) is 33.0 Å². The fourth-order valence-electron chi connectivity index (χ4n) is 2.73. The van der Waals surface area contributed by atoms with E-state index in [1.807, 2.05) is 0 Å². The van der Waals surface area contributed by atoms with Crippen molar-refractivity contribution in [1.82, 2.24) is 10.2 Å². The molecule has 2 amide bonds. The highest BCUT2D eigenvalue weighted by atomic mass is 16.4. The highest BCUT2D eigenvalue weighted by molar-refractivity contribution is 5.77. The average molecular weight is 298 g/mol. The predicted molar refractivity (Wildman–Crippen MR) is 78.7 cm³/mol. The number of nitrogens with one attached hydrogen (secondary N) is 1. The largest absolute Gasteiger partial charge is 0.481 e. The second kappa shape index (κ2) is 9.37. The monoisotopic (exact) mass is 298 g/mol. The molecule has 0 spiro atoms. The van der Waals surface area contributed by atoms with Crippen LogP contribution in [0.1, 0.15) is 51.9 Å². The highest BCUT2D eigenvalue weighted by Crippen LogP contribution is 2.26. The van der Waals surface area contributed by atoms with E-state index in [0.29, 0.717) is 25.4 Å². The van der Waals surface area contributed by atoms with Crippen LogP contribution in [-0.2, 0) is 14.4 Å². The first-order chi connectivity index (χ1) is 9.99. The first-order valence-electron chi connectivity index (χ1n) is 7.73. The summed E-state index contributed by atoms with van der Waals surface area (Å²) in [5.41, 5.74) is 0. The number of nitrogens with zero attached hydrogens (tertiary/aromatic N) is 1. The van der Waals surface area contributed by atoms with Gasteiger partial charge < -0.3 is 15.3 Å². The summed E-state index contributed by atoms with van der Waals surface area (Å²) in [6, 6.07) is 0. The van der Waals surface area contributed by atoms with Gasteiger partial charge in [0.1, 0.15) is 0 Å². The lowest BCUT2D eigenvalue weighted by molar-refractivity contribution is -0.139. The van der Waals surface area contributed by atoms with E-state index in [-0.39, 0.29) is 24.8 Å². The zero-order chi connectivity index (χ0) is 15.7. The molecule has 1 aliphatic rings. The molecular weight excluding hydrogens is 272 g/mol. The normalized spacial score (nSPS) is 15.5. The first-order valence-corrected chi connectivity index (χ1v) is 7.73. The van der Waals surface area contributed by atoms with Crippen LogP contribution in [0.2, 0.25) is 0 Å². The lowest BCUT2D eigenvalue weighted by Crippen LogP contribution is -2.40. The van der Waals surface area contributed by atoms with Gasteiger partial charge >= 0.3 is 5.97 Å². The highest BCUT2D eigenvalue weighted by Gasteiger charge is 2.21. The molecule has 0 heterocycles. The maximum absolute atomic E-state index is 12.3. The molecule has 0 bridgehead atoms. The molecule has 1 saturated carbocycles. The van der Waals surface area contributed by atoms with E-state index in [2.05, 4.69) is 5.32 Å². The van der Waals surface area contributed by atoms with Crippen LogP contribution in [0.4, 0.5) is 0 Å². The lowest BCUT2D eigenvalue weighted by Gasteiger charge is -2.26. The molecule has 6 nitrogen and oxygen atoms in total. The van der Waals surface area contributed by atoms with Gasteiger partial charge in [-0.15, -0.1) is 0 Å². The van der Waals surface area contributed by atoms with Crippen LogP contribution in [0.15, 0.2) is 0 Å². The Labute approximate surface area is 125 Å². The van der Waals surface area contributed by atoms with Gasteiger partial charge in [0.25, 0.3) is 0 Å². The molecule has 21 heavy (non-hydrogen) atoms. The second-order valence-corrected chi connectivity index (χ2v) is 5.72. The summed E-state index contributed by atoms with van der Waals surface area (Å²) in [4.78, 5) is 35.4. The summed E-state index contributed by atoms with van der Waals surface area (Å²) in [5.74, 6) is -0.620. The molecule has 120 valence electrons. The van der Waals surface area contributed by atoms with Gasteiger partial charge in [-0.3, -0.25) is 14.4 Å². The molecule has 0 atom stereocenters. The molecule has 6 heteroatoms. The number of aliphatic carboxylic acids is 1. The Morgan fingerprint density at radius 3 is 2.38 bits per heavy atom. The fourth-order valence-corrected chi connectivity index (χ4v) is 2.73. The van der Waals surface area contributed by atoms with E-state index in [4.69, 9.17) is 5.11 Å². The molecule has 0 aromatic rings. The summed E-state index contributed by atoms with van der Waals surface area (Å²) in [6.45, 7) is 2.37. The van der Waals surface area contributed by atoms with Gasteiger partial charge in [-0.2, -0.15) is 0 Å². The van der Waals surface area contributed by atoms with E-state index >= 15 is 0 Å². The van der Waals surface area contributed by atoms with Crippen LogP contribution in [0.25, 0.3) is 0 Å². The quantitative estimate of drug-likeness (QED) is 0.709. The maximum atomic E-state index is 12.3. The minimum atomic E-state index is -0.912. The third-order valence-electron chi connectivity index (χ3n) is 3.89. The van der Waals surface area contributed by atoms with Crippen molar-refractivity contribution in [3.8, 4) is 0 Å². The summed E-state index contributed by atoms with van der Waals surface area (Å²) in [7, 11) is 0. The summed E-state index contributed by atoms with van der Waals surface area (Å²) >= 11 is 0. The Kier molecular flexibility index (Phi) is 7.79. The van der Waals surface area contributed by atoms with E-state index in [1.54, 1.807) is 4.90 Å². The van der Waals surface area contributed by atoms with Crippen molar-refractivity contribution < 1.29 is 19.5 Å². The van der Waals surface area contributed by atoms with Crippen LogP contribution in [-0.4, -0.2) is 47.4 Å². The molecular formula is C15H26N2O4. The molecule has 1 rings (SSSR count). The number of amides is 2. The van der Waals surface area contributed by atoms with Gasteiger partial charge in [-0.05, 0) is 18.8 Å². The summed E-state index contributed by atoms with van der Waals surface area (Å²) < 4.78 is 0. The predicted octanol–water partition coefficient (Wildman–Crippen LogP) is 1.40. The van der Waals surface area contributed by atoms with Crippen molar-refractivity contribution in [1.29, 1.82) is 0 Å². The van der Waals surface area contributed by atoms with Gasteiger partial charge in [0.2, 0.25) is 11.8 Å². The van der Waals surface area contributed by atoms with Crippen LogP contribution < -0.4 is 5.32 Å². The first kappa shape index (κ1) is 17.5. The number of carboxylic acids is 1. The second-order valence-electron chi connectivity index (χ2n) is 5.72. The van der Waals surface area contributed by atoms with Crippen molar-refractivity contribution in [3.63, 3.8) is 0 Å². The van der Waals surface area contributed by atoms with Crippen LogP contribution in [0.5, 0.6) is 0 Å². The SMILES string of the molecule is CC(=O)NCCN(CCC(=O)O)C(=O)CC1CCCCC1. The number of hydrogen-bond acceptors (Lipinski definition) is 3. The topological polar surface area (TPSA) is 86.7 Å². The number of carboxylic acid groups (broad SMARTS) is 1. The third kappa shape index (κ3) is 7.68. The van der Waals surface area contributed by atoms with Crippen molar-refractivity contribution in [2.45, 2.75) is 51.9 Å². The Hall–Kier alpha value is -1.59. The van der Waals surface area contributed by atoms with Crippen LogP contribution >= 0.6 is 0 Å². The lowest BCUT2D eigenvalue weighted by atomic mass is 9.86. The Morgan fingerprint density at radius 1 is 1.14 bits per heavy atom. The standard InChI is InChI=1S/C15H26N2O4/c1-12(18)16-8-10-17(9-7-15(20)21)14(19)11-13-5-3-2-4-6-13/h13H,2-11H2,1H3,(H,16,18)(H,20,21). The zero-order valence-corrected chi connectivity index (χ0v) is 12.8. The number of rotatable bonds is 8. The van der Waals surface area contributed by atoms with E-state index in [0.717, 1.165) is 12.8 Å². The Morgan fingerprint density at radius 2 is 1.81 bits per heavy atom. The number of hydrogen-bond donors (Lipinski definition) is 2. The number of carbonyl (C=O) groups is 3. The van der Waals surface area contributed by atoms with Crippen LogP contribution in [0, 0.1) is 5.92 Å². The molecule has 0 saturated heterocycles. The smallest absolute Gasteiger partial charge is 0.305 e. The van der Waals surface area contributed by atoms with Crippen LogP contribution in [0.3, 0.4) is 0 Å². The summed E-state index contributed by atoms with van der Waals surface area (Å²) in [6.07, 6.45) is 6.22. The van der Waals surface area contributed by atoms with Gasteiger partial charge in [0.15, 0.2) is 0 Å². The van der Waals surface area contributed by atoms with E-state index in [1.165, 1.54) is 26.2 Å². The van der Waals surface area contributed by atoms with Crippen molar-refractivity contribution >= 4 is 17.8 Å². The molecule has 0 unspecified atom stereocenters. The Balaban J connectivity index is 2.45. The van der Waals surface area contributed by atoms with E-state index in [9.17, 15) is 14.4 Å². The van der Waals surface area contributed by atoms with Crippen molar-refractivity contribution in [3.05, 3.63) is 0 Å².